The van der Waals surface area contributed by atoms with E-state index in [0.717, 1.165) is 9.13 Å². The Labute approximate surface area is 90.9 Å². The van der Waals surface area contributed by atoms with Crippen molar-refractivity contribution in [2.75, 3.05) is 7.05 Å². The van der Waals surface area contributed by atoms with Gasteiger partial charge >= 0.3 is 0 Å². The van der Waals surface area contributed by atoms with Crippen LogP contribution in [0.4, 0.5) is 0 Å². The first-order valence-corrected chi connectivity index (χ1v) is 5.09. The van der Waals surface area contributed by atoms with E-state index in [9.17, 15) is 0 Å². The van der Waals surface area contributed by atoms with Crippen LogP contribution in [-0.2, 0) is 0 Å². The maximum atomic E-state index is 5.95. The molecule has 0 amide bonds. The van der Waals surface area contributed by atoms with Crippen LogP contribution in [-0.4, -0.2) is 12.0 Å². The molecule has 1 rings (SSSR count). The van der Waals surface area contributed by atoms with Crippen molar-refractivity contribution in [2.24, 2.45) is 0 Å². The molecule has 0 saturated heterocycles. The molecule has 2 nitrogen and oxygen atoms in total. The highest BCUT2D eigenvalue weighted by Gasteiger charge is 2.11. The molecule has 4 heteroatoms. The molecule has 0 unspecified atom stereocenters. The molecule has 0 bridgehead atoms. The Morgan fingerprint density at radius 2 is 2.33 bits per heavy atom. The molecule has 12 heavy (non-hydrogen) atoms. The third-order valence-corrected chi connectivity index (χ3v) is 3.00. The first-order valence-electron chi connectivity index (χ1n) is 3.64. The van der Waals surface area contributed by atoms with Gasteiger partial charge in [-0.15, -0.1) is 0 Å². The predicted molar refractivity (Wildman–Crippen MR) is 59.4 cm³/mol. The van der Waals surface area contributed by atoms with E-state index in [2.05, 4.69) is 39.8 Å². The minimum atomic E-state index is 0.248. The Hall–Kier alpha value is 0.130. The summed E-state index contributed by atoms with van der Waals surface area (Å²) in [4.78, 5) is 4.03. The summed E-state index contributed by atoms with van der Waals surface area (Å²) in [6.45, 7) is 2.06. The molecule has 0 aromatic carbocycles. The van der Waals surface area contributed by atoms with Gasteiger partial charge in [0.25, 0.3) is 0 Å². The molecule has 0 spiro atoms. The molecule has 0 radical (unpaired) electrons. The lowest BCUT2D eigenvalue weighted by molar-refractivity contribution is 0.646. The molecule has 1 aromatic heterocycles. The van der Waals surface area contributed by atoms with Gasteiger partial charge in [0.2, 0.25) is 0 Å². The molecule has 0 aliphatic heterocycles. The second-order valence-corrected chi connectivity index (χ2v) is 4.03. The zero-order valence-corrected chi connectivity index (χ0v) is 9.85. The van der Waals surface area contributed by atoms with Crippen LogP contribution in [0.15, 0.2) is 12.3 Å². The maximum absolute atomic E-state index is 5.95. The molecular formula is C8H10ClIN2. The first-order chi connectivity index (χ1) is 5.66. The fourth-order valence-corrected chi connectivity index (χ4v) is 2.32. The van der Waals surface area contributed by atoms with Crippen LogP contribution in [0.25, 0.3) is 0 Å². The quantitative estimate of drug-likeness (QED) is 0.670. The third-order valence-electron chi connectivity index (χ3n) is 1.75. The summed E-state index contributed by atoms with van der Waals surface area (Å²) >= 11 is 8.21. The van der Waals surface area contributed by atoms with Crippen LogP contribution < -0.4 is 5.32 Å². The Kier molecular flexibility index (Phi) is 3.74. The maximum Gasteiger partial charge on any atom is 0.134 e. The molecule has 1 atom stereocenters. The van der Waals surface area contributed by atoms with Crippen LogP contribution in [0, 0.1) is 3.57 Å². The van der Waals surface area contributed by atoms with Crippen LogP contribution >= 0.6 is 34.2 Å². The van der Waals surface area contributed by atoms with E-state index in [1.54, 1.807) is 6.20 Å². The molecule has 1 aromatic rings. The van der Waals surface area contributed by atoms with Gasteiger partial charge in [0, 0.05) is 21.4 Å². The first kappa shape index (κ1) is 10.2. The van der Waals surface area contributed by atoms with Gasteiger partial charge in [-0.05, 0) is 42.6 Å². The number of nitrogens with one attached hydrogen (secondary N) is 1. The van der Waals surface area contributed by atoms with Gasteiger partial charge in [-0.1, -0.05) is 11.6 Å². The van der Waals surface area contributed by atoms with Crippen molar-refractivity contribution in [3.05, 3.63) is 26.5 Å². The average Bonchev–Trinajstić information content (AvgIpc) is 2.03. The molecule has 66 valence electrons. The molecular weight excluding hydrogens is 286 g/mol. The zero-order chi connectivity index (χ0) is 9.14. The van der Waals surface area contributed by atoms with Crippen molar-refractivity contribution in [3.8, 4) is 0 Å². The number of pyridine rings is 1. The second kappa shape index (κ2) is 4.39. The average molecular weight is 297 g/mol. The summed E-state index contributed by atoms with van der Waals surface area (Å²) in [6, 6.07) is 2.20. The molecule has 0 aliphatic rings. The minimum Gasteiger partial charge on any atom is -0.313 e. The fourth-order valence-electron chi connectivity index (χ4n) is 0.956. The van der Waals surface area contributed by atoms with Crippen molar-refractivity contribution in [1.82, 2.24) is 10.3 Å². The van der Waals surface area contributed by atoms with E-state index >= 15 is 0 Å². The van der Waals surface area contributed by atoms with E-state index in [-0.39, 0.29) is 6.04 Å². The number of rotatable bonds is 2. The van der Waals surface area contributed by atoms with Crippen molar-refractivity contribution >= 4 is 34.2 Å². The van der Waals surface area contributed by atoms with Crippen LogP contribution in [0.1, 0.15) is 18.5 Å². The predicted octanol–water partition coefficient (Wildman–Crippen LogP) is 2.62. The smallest absolute Gasteiger partial charge is 0.134 e. The molecule has 0 aliphatic carbocycles. The van der Waals surface area contributed by atoms with Gasteiger partial charge < -0.3 is 5.32 Å². The Morgan fingerprint density at radius 3 is 2.83 bits per heavy atom. The summed E-state index contributed by atoms with van der Waals surface area (Å²) < 4.78 is 1.15. The molecule has 0 fully saturated rings. The highest BCUT2D eigenvalue weighted by Crippen LogP contribution is 2.25. The summed E-state index contributed by atoms with van der Waals surface area (Å²) in [6.07, 6.45) is 1.72. The van der Waals surface area contributed by atoms with Gasteiger partial charge in [-0.3, -0.25) is 0 Å². The number of nitrogens with zero attached hydrogens (tertiary/aromatic N) is 1. The summed E-state index contributed by atoms with van der Waals surface area (Å²) in [7, 11) is 1.91. The van der Waals surface area contributed by atoms with E-state index in [1.165, 1.54) is 0 Å². The van der Waals surface area contributed by atoms with E-state index in [4.69, 9.17) is 11.6 Å². The normalized spacial score (nSPS) is 13.0. The fraction of sp³-hybridized carbons (Fsp3) is 0.375. The topological polar surface area (TPSA) is 24.9 Å². The van der Waals surface area contributed by atoms with Crippen LogP contribution in [0.2, 0.25) is 5.15 Å². The Balaban J connectivity index is 3.12. The Bertz CT molecular complexity index is 258. The molecule has 0 saturated carbocycles. The number of halogens is 2. The molecule has 1 N–H and O–H groups in total. The van der Waals surface area contributed by atoms with Gasteiger partial charge in [0.1, 0.15) is 5.15 Å². The number of hydrogen-bond acceptors (Lipinski definition) is 2. The summed E-state index contributed by atoms with van der Waals surface area (Å²) in [5, 5.41) is 3.72. The number of aromatic nitrogens is 1. The SMILES string of the molecule is CN[C@@H](C)c1c(I)ccnc1Cl. The lowest BCUT2D eigenvalue weighted by Gasteiger charge is -2.13. The van der Waals surface area contributed by atoms with E-state index in [0.29, 0.717) is 5.15 Å². The largest absolute Gasteiger partial charge is 0.313 e. The lowest BCUT2D eigenvalue weighted by atomic mass is 10.1. The third kappa shape index (κ3) is 2.08. The second-order valence-electron chi connectivity index (χ2n) is 2.51. The molecule has 1 heterocycles. The van der Waals surface area contributed by atoms with Gasteiger partial charge in [-0.2, -0.15) is 0 Å². The van der Waals surface area contributed by atoms with Crippen LogP contribution in [0.5, 0.6) is 0 Å². The van der Waals surface area contributed by atoms with Crippen molar-refractivity contribution in [2.45, 2.75) is 13.0 Å². The highest BCUT2D eigenvalue weighted by molar-refractivity contribution is 14.1. The van der Waals surface area contributed by atoms with Crippen molar-refractivity contribution in [1.29, 1.82) is 0 Å². The zero-order valence-electron chi connectivity index (χ0n) is 6.94. The lowest BCUT2D eigenvalue weighted by Crippen LogP contribution is -2.14. The highest BCUT2D eigenvalue weighted by atomic mass is 127. The van der Waals surface area contributed by atoms with Gasteiger partial charge in [0.05, 0.1) is 0 Å². The monoisotopic (exact) mass is 296 g/mol. The standard InChI is InChI=1S/C8H10ClIN2/c1-5(11-2)7-6(10)3-4-12-8(7)9/h3-5,11H,1-2H3/t5-/m0/s1. The van der Waals surface area contributed by atoms with Crippen molar-refractivity contribution in [3.63, 3.8) is 0 Å². The van der Waals surface area contributed by atoms with E-state index in [1.807, 2.05) is 13.1 Å². The Morgan fingerprint density at radius 1 is 1.67 bits per heavy atom. The number of hydrogen-bond donors (Lipinski definition) is 1. The van der Waals surface area contributed by atoms with Crippen molar-refractivity contribution < 1.29 is 0 Å². The van der Waals surface area contributed by atoms with E-state index < -0.39 is 0 Å². The van der Waals surface area contributed by atoms with Gasteiger partial charge in [0.15, 0.2) is 0 Å². The van der Waals surface area contributed by atoms with Gasteiger partial charge in [-0.25, -0.2) is 4.98 Å². The minimum absolute atomic E-state index is 0.248. The van der Waals surface area contributed by atoms with Crippen LogP contribution in [0.3, 0.4) is 0 Å². The summed E-state index contributed by atoms with van der Waals surface area (Å²) in [5.41, 5.74) is 1.07. The summed E-state index contributed by atoms with van der Waals surface area (Å²) in [5.74, 6) is 0.